The predicted molar refractivity (Wildman–Crippen MR) is 70.0 cm³/mol. The predicted octanol–water partition coefficient (Wildman–Crippen LogP) is 4.11. The van der Waals surface area contributed by atoms with E-state index in [2.05, 4.69) is 24.3 Å². The number of benzene rings is 1. The molecule has 0 amide bonds. The summed E-state index contributed by atoms with van der Waals surface area (Å²) in [7, 11) is 0. The largest absolute Gasteiger partial charge is 0.385 e. The highest BCUT2D eigenvalue weighted by Crippen LogP contribution is 2.45. The van der Waals surface area contributed by atoms with Gasteiger partial charge in [-0.05, 0) is 42.7 Å². The number of hydrogen-bond donors (Lipinski definition) is 1. The van der Waals surface area contributed by atoms with Crippen LogP contribution in [0.25, 0.3) is 0 Å². The van der Waals surface area contributed by atoms with Gasteiger partial charge in [-0.2, -0.15) is 0 Å². The highest BCUT2D eigenvalue weighted by molar-refractivity contribution is 5.32. The van der Waals surface area contributed by atoms with Crippen molar-refractivity contribution in [3.05, 3.63) is 35.4 Å². The van der Waals surface area contributed by atoms with E-state index in [1.807, 2.05) is 0 Å². The molecule has 1 aromatic carbocycles. The first-order valence-corrected chi connectivity index (χ1v) is 7.11. The van der Waals surface area contributed by atoms with Gasteiger partial charge in [-0.1, -0.05) is 49.9 Å². The molecule has 3 rings (SSSR count). The van der Waals surface area contributed by atoms with Gasteiger partial charge < -0.3 is 5.11 Å². The third-order valence-electron chi connectivity index (χ3n) is 4.50. The van der Waals surface area contributed by atoms with Gasteiger partial charge in [-0.25, -0.2) is 0 Å². The summed E-state index contributed by atoms with van der Waals surface area (Å²) in [5.74, 6) is 0.764. The fraction of sp³-hybridized carbons (Fsp3) is 0.625. The lowest BCUT2D eigenvalue weighted by atomic mass is 9.90. The quantitative estimate of drug-likeness (QED) is 0.758. The lowest BCUT2D eigenvalue weighted by molar-refractivity contribution is 0.151. The minimum absolute atomic E-state index is 0.470. The van der Waals surface area contributed by atoms with Crippen LogP contribution >= 0.6 is 0 Å². The molecule has 17 heavy (non-hydrogen) atoms. The summed E-state index contributed by atoms with van der Waals surface area (Å²) in [5.41, 5.74) is 2.14. The zero-order chi connectivity index (χ0) is 11.7. The zero-order valence-electron chi connectivity index (χ0n) is 10.5. The van der Waals surface area contributed by atoms with Crippen LogP contribution in [0.4, 0.5) is 0 Å². The molecule has 2 aliphatic rings. The van der Waals surface area contributed by atoms with Crippen molar-refractivity contribution in [1.82, 2.24) is 0 Å². The standard InChI is InChI=1S/C16H22O/c17-16(11-12-16)15-9-7-14(8-10-15)13-5-3-1-2-4-6-13/h7-10,13,17H,1-6,11-12H2. The Kier molecular flexibility index (Phi) is 2.96. The van der Waals surface area contributed by atoms with E-state index in [1.165, 1.54) is 44.1 Å². The van der Waals surface area contributed by atoms with E-state index < -0.39 is 5.60 Å². The fourth-order valence-corrected chi connectivity index (χ4v) is 3.09. The maximum absolute atomic E-state index is 10.0. The van der Waals surface area contributed by atoms with E-state index in [0.29, 0.717) is 0 Å². The van der Waals surface area contributed by atoms with Crippen LogP contribution in [0.2, 0.25) is 0 Å². The van der Waals surface area contributed by atoms with Gasteiger partial charge >= 0.3 is 0 Å². The molecule has 0 aromatic heterocycles. The van der Waals surface area contributed by atoms with Gasteiger partial charge in [0.15, 0.2) is 0 Å². The van der Waals surface area contributed by atoms with Gasteiger partial charge in [-0.15, -0.1) is 0 Å². The molecule has 2 fully saturated rings. The Morgan fingerprint density at radius 3 is 2.00 bits per heavy atom. The maximum atomic E-state index is 10.0. The minimum Gasteiger partial charge on any atom is -0.385 e. The van der Waals surface area contributed by atoms with Gasteiger partial charge in [0.1, 0.15) is 0 Å². The summed E-state index contributed by atoms with van der Waals surface area (Å²) in [4.78, 5) is 0. The smallest absolute Gasteiger partial charge is 0.0899 e. The minimum atomic E-state index is -0.470. The molecule has 1 N–H and O–H groups in total. The highest BCUT2D eigenvalue weighted by Gasteiger charge is 2.41. The van der Waals surface area contributed by atoms with E-state index in [-0.39, 0.29) is 0 Å². The SMILES string of the molecule is OC1(c2ccc(C3CCCCCC3)cc2)CC1. The first kappa shape index (κ1) is 11.3. The molecule has 0 spiro atoms. The Hall–Kier alpha value is -0.820. The van der Waals surface area contributed by atoms with Crippen molar-refractivity contribution in [2.75, 3.05) is 0 Å². The van der Waals surface area contributed by atoms with E-state index in [0.717, 1.165) is 24.3 Å². The van der Waals surface area contributed by atoms with Crippen LogP contribution < -0.4 is 0 Å². The maximum Gasteiger partial charge on any atom is 0.0899 e. The summed E-state index contributed by atoms with van der Waals surface area (Å²) >= 11 is 0. The van der Waals surface area contributed by atoms with Gasteiger partial charge in [0, 0.05) is 0 Å². The molecule has 1 heteroatoms. The average Bonchev–Trinajstić information content (AvgIpc) is 3.14. The lowest BCUT2D eigenvalue weighted by Gasteiger charge is -2.16. The van der Waals surface area contributed by atoms with Crippen LogP contribution in [0.3, 0.4) is 0 Å². The Morgan fingerprint density at radius 1 is 0.882 bits per heavy atom. The summed E-state index contributed by atoms with van der Waals surface area (Å²) in [6.07, 6.45) is 10.2. The first-order valence-electron chi connectivity index (χ1n) is 7.11. The van der Waals surface area contributed by atoms with Crippen molar-refractivity contribution < 1.29 is 5.11 Å². The summed E-state index contributed by atoms with van der Waals surface area (Å²) in [5, 5.41) is 10.0. The van der Waals surface area contributed by atoms with Gasteiger partial charge in [0.05, 0.1) is 5.60 Å². The van der Waals surface area contributed by atoms with Gasteiger partial charge in [-0.3, -0.25) is 0 Å². The first-order chi connectivity index (χ1) is 8.28. The topological polar surface area (TPSA) is 20.2 Å². The zero-order valence-corrected chi connectivity index (χ0v) is 10.5. The Morgan fingerprint density at radius 2 is 1.47 bits per heavy atom. The van der Waals surface area contributed by atoms with E-state index in [4.69, 9.17) is 0 Å². The van der Waals surface area contributed by atoms with E-state index in [9.17, 15) is 5.11 Å². The number of hydrogen-bond acceptors (Lipinski definition) is 1. The molecular formula is C16H22O. The summed E-state index contributed by atoms with van der Waals surface area (Å²) in [6, 6.07) is 8.80. The summed E-state index contributed by atoms with van der Waals surface area (Å²) < 4.78 is 0. The van der Waals surface area contributed by atoms with Crippen LogP contribution in [0.1, 0.15) is 68.4 Å². The Bertz CT molecular complexity index is 367. The van der Waals surface area contributed by atoms with Gasteiger partial charge in [0.2, 0.25) is 0 Å². The molecule has 0 bridgehead atoms. The van der Waals surface area contributed by atoms with Crippen LogP contribution in [0.15, 0.2) is 24.3 Å². The third kappa shape index (κ3) is 2.40. The van der Waals surface area contributed by atoms with Crippen molar-refractivity contribution in [2.45, 2.75) is 62.9 Å². The molecule has 0 atom stereocenters. The van der Waals surface area contributed by atoms with Crippen molar-refractivity contribution in [1.29, 1.82) is 0 Å². The van der Waals surface area contributed by atoms with Crippen LogP contribution in [-0.2, 0) is 5.60 Å². The Balaban J connectivity index is 1.74. The second-order valence-electron chi connectivity index (χ2n) is 5.84. The number of rotatable bonds is 2. The van der Waals surface area contributed by atoms with Crippen molar-refractivity contribution >= 4 is 0 Å². The second kappa shape index (κ2) is 4.45. The molecule has 0 radical (unpaired) electrons. The monoisotopic (exact) mass is 230 g/mol. The van der Waals surface area contributed by atoms with Crippen LogP contribution in [-0.4, -0.2) is 5.11 Å². The van der Waals surface area contributed by atoms with Crippen molar-refractivity contribution in [2.24, 2.45) is 0 Å². The number of aliphatic hydroxyl groups is 1. The molecule has 2 saturated carbocycles. The summed E-state index contributed by atoms with van der Waals surface area (Å²) in [6.45, 7) is 0. The fourth-order valence-electron chi connectivity index (χ4n) is 3.09. The molecular weight excluding hydrogens is 208 g/mol. The molecule has 0 aliphatic heterocycles. The Labute approximate surface area is 104 Å². The van der Waals surface area contributed by atoms with E-state index >= 15 is 0 Å². The second-order valence-corrected chi connectivity index (χ2v) is 5.84. The highest BCUT2D eigenvalue weighted by atomic mass is 16.3. The molecule has 0 unspecified atom stereocenters. The van der Waals surface area contributed by atoms with Crippen molar-refractivity contribution in [3.63, 3.8) is 0 Å². The van der Waals surface area contributed by atoms with Crippen LogP contribution in [0.5, 0.6) is 0 Å². The average molecular weight is 230 g/mol. The third-order valence-corrected chi connectivity index (χ3v) is 4.50. The van der Waals surface area contributed by atoms with E-state index in [1.54, 1.807) is 0 Å². The molecule has 1 aromatic rings. The normalized spacial score (nSPS) is 24.3. The molecule has 1 nitrogen and oxygen atoms in total. The van der Waals surface area contributed by atoms with Gasteiger partial charge in [0.25, 0.3) is 0 Å². The molecule has 2 aliphatic carbocycles. The molecule has 0 heterocycles. The van der Waals surface area contributed by atoms with Crippen LogP contribution in [0, 0.1) is 0 Å². The molecule has 92 valence electrons. The van der Waals surface area contributed by atoms with Crippen molar-refractivity contribution in [3.8, 4) is 0 Å². The molecule has 0 saturated heterocycles. The lowest BCUT2D eigenvalue weighted by Crippen LogP contribution is -2.04.